The predicted octanol–water partition coefficient (Wildman–Crippen LogP) is 2.90. The van der Waals surface area contributed by atoms with Gasteiger partial charge in [-0.25, -0.2) is 13.4 Å². The Labute approximate surface area is 150 Å². The van der Waals surface area contributed by atoms with Crippen molar-refractivity contribution in [2.75, 3.05) is 13.1 Å². The highest BCUT2D eigenvalue weighted by Gasteiger charge is 2.27. The number of hydrogen-bond acceptors (Lipinski definition) is 4. The molecule has 0 saturated carbocycles. The molecule has 1 fully saturated rings. The summed E-state index contributed by atoms with van der Waals surface area (Å²) in [5.41, 5.74) is 2.20. The Bertz CT molecular complexity index is 791. The van der Waals surface area contributed by atoms with Crippen molar-refractivity contribution in [3.05, 3.63) is 47.8 Å². The van der Waals surface area contributed by atoms with Crippen LogP contribution in [-0.2, 0) is 29.3 Å². The number of benzene rings is 1. The molecule has 136 valence electrons. The third-order valence-electron chi connectivity index (χ3n) is 4.83. The first-order valence-corrected chi connectivity index (χ1v) is 10.6. The Kier molecular flexibility index (Phi) is 5.59. The van der Waals surface area contributed by atoms with E-state index in [1.807, 2.05) is 22.8 Å². The number of aryl methyl sites for hydroxylation is 1. The first-order chi connectivity index (χ1) is 12.0. The van der Waals surface area contributed by atoms with Gasteiger partial charge in [-0.15, -0.1) is 0 Å². The van der Waals surface area contributed by atoms with Gasteiger partial charge < -0.3 is 4.57 Å². The SMILES string of the molecule is CC(C)S(=O)(=O)c1ncc(CN2CCCC2)n1CCc1ccccc1. The maximum absolute atomic E-state index is 12.7. The fraction of sp³-hybridized carbons (Fsp3) is 0.526. The Morgan fingerprint density at radius 1 is 1.12 bits per heavy atom. The van der Waals surface area contributed by atoms with Gasteiger partial charge in [0.2, 0.25) is 15.0 Å². The smallest absolute Gasteiger partial charge is 0.228 e. The van der Waals surface area contributed by atoms with Gasteiger partial charge in [0.1, 0.15) is 0 Å². The van der Waals surface area contributed by atoms with Crippen LogP contribution in [0.1, 0.15) is 37.9 Å². The maximum atomic E-state index is 12.7. The average molecular weight is 362 g/mol. The molecule has 1 aliphatic rings. The summed E-state index contributed by atoms with van der Waals surface area (Å²) in [5.74, 6) is 0. The van der Waals surface area contributed by atoms with Gasteiger partial charge in [-0.05, 0) is 51.8 Å². The molecule has 6 heteroatoms. The molecule has 0 amide bonds. The summed E-state index contributed by atoms with van der Waals surface area (Å²) in [4.78, 5) is 6.69. The molecular formula is C19H27N3O2S. The quantitative estimate of drug-likeness (QED) is 0.761. The van der Waals surface area contributed by atoms with Crippen molar-refractivity contribution in [1.82, 2.24) is 14.5 Å². The fourth-order valence-electron chi connectivity index (χ4n) is 3.25. The van der Waals surface area contributed by atoms with Crippen molar-refractivity contribution in [2.45, 2.75) is 56.6 Å². The molecule has 1 aromatic carbocycles. The van der Waals surface area contributed by atoms with E-state index >= 15 is 0 Å². The number of likely N-dealkylation sites (tertiary alicyclic amines) is 1. The standard InChI is InChI=1S/C19H27N3O2S/c1-16(2)25(23,24)19-20-14-18(15-21-11-6-7-12-21)22(19)13-10-17-8-4-3-5-9-17/h3-5,8-9,14,16H,6-7,10-13,15H2,1-2H3. The molecule has 0 atom stereocenters. The molecule has 0 bridgehead atoms. The van der Waals surface area contributed by atoms with E-state index in [4.69, 9.17) is 0 Å². The van der Waals surface area contributed by atoms with E-state index in [1.165, 1.54) is 18.4 Å². The lowest BCUT2D eigenvalue weighted by Gasteiger charge is -2.18. The number of nitrogens with zero attached hydrogens (tertiary/aromatic N) is 3. The summed E-state index contributed by atoms with van der Waals surface area (Å²) in [7, 11) is -3.39. The van der Waals surface area contributed by atoms with E-state index in [0.717, 1.165) is 31.7 Å². The zero-order valence-electron chi connectivity index (χ0n) is 15.1. The van der Waals surface area contributed by atoms with Crippen LogP contribution in [0.4, 0.5) is 0 Å². The Morgan fingerprint density at radius 3 is 2.44 bits per heavy atom. The Balaban J connectivity index is 1.88. The van der Waals surface area contributed by atoms with E-state index in [2.05, 4.69) is 22.0 Å². The van der Waals surface area contributed by atoms with Gasteiger partial charge >= 0.3 is 0 Å². The molecule has 0 aliphatic carbocycles. The topological polar surface area (TPSA) is 55.2 Å². The van der Waals surface area contributed by atoms with Crippen LogP contribution in [0.5, 0.6) is 0 Å². The normalized spacial score (nSPS) is 16.0. The number of rotatable bonds is 7. The fourth-order valence-corrected chi connectivity index (χ4v) is 4.39. The predicted molar refractivity (Wildman–Crippen MR) is 99.2 cm³/mol. The van der Waals surface area contributed by atoms with E-state index in [9.17, 15) is 8.42 Å². The third-order valence-corrected chi connectivity index (χ3v) is 6.90. The van der Waals surface area contributed by atoms with Gasteiger partial charge in [-0.3, -0.25) is 4.90 Å². The highest BCUT2D eigenvalue weighted by atomic mass is 32.2. The molecule has 0 radical (unpaired) electrons. The Morgan fingerprint density at radius 2 is 1.80 bits per heavy atom. The number of sulfone groups is 1. The van der Waals surface area contributed by atoms with E-state index < -0.39 is 15.1 Å². The van der Waals surface area contributed by atoms with Crippen LogP contribution in [0.3, 0.4) is 0 Å². The van der Waals surface area contributed by atoms with Gasteiger partial charge in [0.25, 0.3) is 0 Å². The van der Waals surface area contributed by atoms with Crippen molar-refractivity contribution in [1.29, 1.82) is 0 Å². The number of imidazole rings is 1. The van der Waals surface area contributed by atoms with Gasteiger partial charge in [0, 0.05) is 13.1 Å². The van der Waals surface area contributed by atoms with Crippen molar-refractivity contribution in [2.24, 2.45) is 0 Å². The minimum Gasteiger partial charge on any atom is -0.317 e. The largest absolute Gasteiger partial charge is 0.317 e. The van der Waals surface area contributed by atoms with Crippen molar-refractivity contribution in [3.63, 3.8) is 0 Å². The molecule has 0 N–H and O–H groups in total. The summed E-state index contributed by atoms with van der Waals surface area (Å²) in [6, 6.07) is 10.2. The minimum absolute atomic E-state index is 0.215. The molecular weight excluding hydrogens is 334 g/mol. The summed E-state index contributed by atoms with van der Waals surface area (Å²) >= 11 is 0. The first kappa shape index (κ1) is 18.1. The zero-order chi connectivity index (χ0) is 17.9. The molecule has 2 aromatic rings. The lowest BCUT2D eigenvalue weighted by atomic mass is 10.1. The Hall–Kier alpha value is -1.66. The second-order valence-corrected chi connectivity index (χ2v) is 9.39. The van der Waals surface area contributed by atoms with Crippen LogP contribution in [0.15, 0.2) is 41.7 Å². The van der Waals surface area contributed by atoms with Gasteiger partial charge in [-0.1, -0.05) is 30.3 Å². The second-order valence-electron chi connectivity index (χ2n) is 7.00. The summed E-state index contributed by atoms with van der Waals surface area (Å²) in [6.45, 7) is 6.99. The maximum Gasteiger partial charge on any atom is 0.228 e. The summed E-state index contributed by atoms with van der Waals surface area (Å²) in [5, 5.41) is -0.252. The van der Waals surface area contributed by atoms with Crippen LogP contribution < -0.4 is 0 Å². The first-order valence-electron chi connectivity index (χ1n) is 9.03. The second kappa shape index (κ2) is 7.70. The lowest BCUT2D eigenvalue weighted by molar-refractivity contribution is 0.319. The lowest BCUT2D eigenvalue weighted by Crippen LogP contribution is -2.24. The molecule has 1 aromatic heterocycles. The number of hydrogen-bond donors (Lipinski definition) is 0. The monoisotopic (exact) mass is 361 g/mol. The molecule has 2 heterocycles. The van der Waals surface area contributed by atoms with Crippen molar-refractivity contribution >= 4 is 9.84 Å². The van der Waals surface area contributed by atoms with Crippen molar-refractivity contribution < 1.29 is 8.42 Å². The average Bonchev–Trinajstić information content (AvgIpc) is 3.24. The van der Waals surface area contributed by atoms with Gasteiger partial charge in [0.15, 0.2) is 0 Å². The molecule has 1 aliphatic heterocycles. The highest BCUT2D eigenvalue weighted by Crippen LogP contribution is 2.20. The van der Waals surface area contributed by atoms with Crippen LogP contribution in [0.2, 0.25) is 0 Å². The van der Waals surface area contributed by atoms with Crippen LogP contribution >= 0.6 is 0 Å². The van der Waals surface area contributed by atoms with E-state index in [-0.39, 0.29) is 5.16 Å². The molecule has 5 nitrogen and oxygen atoms in total. The summed E-state index contributed by atoms with van der Waals surface area (Å²) < 4.78 is 27.4. The molecule has 25 heavy (non-hydrogen) atoms. The van der Waals surface area contributed by atoms with Crippen LogP contribution in [-0.4, -0.2) is 41.2 Å². The van der Waals surface area contributed by atoms with Gasteiger partial charge in [-0.2, -0.15) is 0 Å². The molecule has 0 spiro atoms. The van der Waals surface area contributed by atoms with Crippen molar-refractivity contribution in [3.8, 4) is 0 Å². The molecule has 1 saturated heterocycles. The molecule has 0 unspecified atom stereocenters. The number of aromatic nitrogens is 2. The highest BCUT2D eigenvalue weighted by molar-refractivity contribution is 7.91. The third kappa shape index (κ3) is 4.12. The van der Waals surface area contributed by atoms with E-state index in [1.54, 1.807) is 20.0 Å². The van der Waals surface area contributed by atoms with Gasteiger partial charge in [0.05, 0.1) is 17.1 Å². The van der Waals surface area contributed by atoms with Crippen LogP contribution in [0.25, 0.3) is 0 Å². The minimum atomic E-state index is -3.39. The van der Waals surface area contributed by atoms with E-state index in [0.29, 0.717) is 6.54 Å². The zero-order valence-corrected chi connectivity index (χ0v) is 15.9. The van der Waals surface area contributed by atoms with Crippen LogP contribution in [0, 0.1) is 0 Å². The molecule has 3 rings (SSSR count). The summed E-state index contributed by atoms with van der Waals surface area (Å²) in [6.07, 6.45) is 4.98.